The third-order valence-electron chi connectivity index (χ3n) is 10.6. The van der Waals surface area contributed by atoms with E-state index in [1.54, 1.807) is 0 Å². The molecular formula is C32H47F5O3S. The molecule has 0 saturated heterocycles. The molecule has 4 rings (SSSR count). The minimum absolute atomic E-state index is 0.0195. The Morgan fingerprint density at radius 2 is 1.59 bits per heavy atom. The largest absolute Gasteiger partial charge is 0.508 e. The maximum absolute atomic E-state index is 13.0. The average Bonchev–Trinajstić information content (AvgIpc) is 3.20. The fourth-order valence-electron chi connectivity index (χ4n) is 8.28. The van der Waals surface area contributed by atoms with Crippen molar-refractivity contribution < 1.29 is 36.4 Å². The van der Waals surface area contributed by atoms with Crippen LogP contribution < -0.4 is 0 Å². The molecule has 0 aromatic heterocycles. The number of aliphatic hydroxyl groups is 1. The number of halogens is 5. The summed E-state index contributed by atoms with van der Waals surface area (Å²) in [6.07, 6.45) is 5.97. The number of hydrogen-bond acceptors (Lipinski definition) is 3. The summed E-state index contributed by atoms with van der Waals surface area (Å²) >= 11 is 0. The van der Waals surface area contributed by atoms with Crippen LogP contribution in [0.4, 0.5) is 22.0 Å². The molecule has 234 valence electrons. The predicted molar refractivity (Wildman–Crippen MR) is 153 cm³/mol. The van der Waals surface area contributed by atoms with Crippen LogP contribution >= 0.6 is 0 Å². The van der Waals surface area contributed by atoms with E-state index in [4.69, 9.17) is 0 Å². The van der Waals surface area contributed by atoms with Gasteiger partial charge in [0.2, 0.25) is 0 Å². The van der Waals surface area contributed by atoms with Gasteiger partial charge in [-0.1, -0.05) is 51.5 Å². The third kappa shape index (κ3) is 7.66. The van der Waals surface area contributed by atoms with Crippen molar-refractivity contribution in [1.82, 2.24) is 0 Å². The molecule has 0 spiro atoms. The minimum atomic E-state index is -5.54. The Kier molecular flexibility index (Phi) is 10.8. The second-order valence-electron chi connectivity index (χ2n) is 13.2. The van der Waals surface area contributed by atoms with Crippen molar-refractivity contribution in [2.75, 3.05) is 11.5 Å². The van der Waals surface area contributed by atoms with Crippen molar-refractivity contribution in [3.63, 3.8) is 0 Å². The number of fused-ring (bicyclic) bond motifs is 5. The molecular weight excluding hydrogens is 559 g/mol. The zero-order chi connectivity index (χ0) is 29.8. The van der Waals surface area contributed by atoms with Crippen molar-refractivity contribution in [3.05, 3.63) is 29.3 Å². The molecule has 2 N–H and O–H groups in total. The topological polar surface area (TPSA) is 57.5 Å². The molecule has 3 nitrogen and oxygen atoms in total. The predicted octanol–water partition coefficient (Wildman–Crippen LogP) is 8.68. The molecule has 3 aliphatic carbocycles. The number of unbranched alkanes of at least 4 members (excludes halogenated alkanes) is 6. The lowest BCUT2D eigenvalue weighted by Gasteiger charge is -2.53. The number of phenols is 1. The second-order valence-corrected chi connectivity index (χ2v) is 14.9. The summed E-state index contributed by atoms with van der Waals surface area (Å²) in [7, 11) is -1.35. The van der Waals surface area contributed by atoms with Gasteiger partial charge in [0.1, 0.15) is 5.75 Å². The van der Waals surface area contributed by atoms with Crippen LogP contribution in [0, 0.1) is 23.2 Å². The van der Waals surface area contributed by atoms with Crippen LogP contribution in [0.15, 0.2) is 18.2 Å². The van der Waals surface area contributed by atoms with Gasteiger partial charge in [0.05, 0.1) is 6.10 Å². The highest BCUT2D eigenvalue weighted by Gasteiger charge is 2.57. The molecule has 0 radical (unpaired) electrons. The fourth-order valence-corrected chi connectivity index (χ4v) is 9.48. The third-order valence-corrected chi connectivity index (χ3v) is 12.0. The number of phenolic OH excluding ortho intramolecular Hbond substituents is 1. The van der Waals surface area contributed by atoms with Crippen LogP contribution in [0.2, 0.25) is 0 Å². The van der Waals surface area contributed by atoms with Gasteiger partial charge < -0.3 is 10.2 Å². The van der Waals surface area contributed by atoms with Crippen molar-refractivity contribution in [1.29, 1.82) is 0 Å². The highest BCUT2D eigenvalue weighted by molar-refractivity contribution is 7.84. The van der Waals surface area contributed by atoms with Gasteiger partial charge in [-0.25, -0.2) is 0 Å². The van der Waals surface area contributed by atoms with Gasteiger partial charge >= 0.3 is 12.1 Å². The van der Waals surface area contributed by atoms with Crippen LogP contribution in [0.1, 0.15) is 114 Å². The van der Waals surface area contributed by atoms with Gasteiger partial charge in [-0.3, -0.25) is 4.21 Å². The lowest BCUT2D eigenvalue weighted by Crippen LogP contribution is -2.47. The van der Waals surface area contributed by atoms with Crippen LogP contribution in [0.3, 0.4) is 0 Å². The van der Waals surface area contributed by atoms with Crippen LogP contribution in [-0.2, 0) is 17.2 Å². The Bertz CT molecular complexity index is 1030. The number of aromatic hydroxyl groups is 1. The molecule has 7 atom stereocenters. The van der Waals surface area contributed by atoms with Crippen molar-refractivity contribution in [2.24, 2.45) is 23.2 Å². The van der Waals surface area contributed by atoms with E-state index in [0.29, 0.717) is 41.6 Å². The molecule has 9 heteroatoms. The summed E-state index contributed by atoms with van der Waals surface area (Å²) in [5.74, 6) is -1.91. The molecule has 0 amide bonds. The van der Waals surface area contributed by atoms with E-state index in [2.05, 4.69) is 13.0 Å². The molecule has 41 heavy (non-hydrogen) atoms. The first-order chi connectivity index (χ1) is 19.3. The summed E-state index contributed by atoms with van der Waals surface area (Å²) in [6, 6.07) is 5.92. The van der Waals surface area contributed by atoms with E-state index in [1.165, 1.54) is 11.1 Å². The first-order valence-corrected chi connectivity index (χ1v) is 17.1. The van der Waals surface area contributed by atoms with E-state index in [9.17, 15) is 36.4 Å². The van der Waals surface area contributed by atoms with Crippen LogP contribution in [0.25, 0.3) is 0 Å². The van der Waals surface area contributed by atoms with E-state index in [0.717, 1.165) is 77.0 Å². The van der Waals surface area contributed by atoms with Gasteiger partial charge in [-0.05, 0) is 104 Å². The first kappa shape index (κ1) is 32.7. The van der Waals surface area contributed by atoms with Gasteiger partial charge in [0.25, 0.3) is 0 Å². The van der Waals surface area contributed by atoms with Gasteiger partial charge in [-0.2, -0.15) is 22.0 Å². The molecule has 1 aromatic rings. The van der Waals surface area contributed by atoms with Crippen LogP contribution in [0.5, 0.6) is 5.75 Å². The van der Waals surface area contributed by atoms with Crippen molar-refractivity contribution >= 4 is 10.8 Å². The normalized spacial score (nSPS) is 30.5. The lowest BCUT2D eigenvalue weighted by atomic mass is 9.52. The number of hydrogen-bond donors (Lipinski definition) is 2. The summed E-state index contributed by atoms with van der Waals surface area (Å²) in [5.41, 5.74) is 2.73. The highest BCUT2D eigenvalue weighted by atomic mass is 32.2. The van der Waals surface area contributed by atoms with Crippen molar-refractivity contribution in [2.45, 2.75) is 127 Å². The van der Waals surface area contributed by atoms with E-state index in [1.807, 2.05) is 12.1 Å². The second kappa shape index (κ2) is 13.6. The zero-order valence-corrected chi connectivity index (χ0v) is 25.1. The SMILES string of the molecule is C[C@]12CC[C@@H]3c4ccc(O)cc4C[C@H](CCCCCCCCC[S@](=O)CCCC(F)(F)C(F)(F)F)[C@@H]3[C@H]1CC[C@H]2O. The minimum Gasteiger partial charge on any atom is -0.508 e. The van der Waals surface area contributed by atoms with Gasteiger partial charge in [0.15, 0.2) is 0 Å². The summed E-state index contributed by atoms with van der Waals surface area (Å²) in [4.78, 5) is 0. The van der Waals surface area contributed by atoms with E-state index < -0.39 is 35.7 Å². The standard InChI is InChI=1S/C32H47F5O3S/c1-30-17-15-26-25-12-11-24(38)21-23(25)20-22(29(26)27(30)13-14-28(30)39)10-7-5-3-2-4-6-8-18-41(40)19-9-16-31(33,34)32(35,36)37/h11-12,21-22,26-29,38-39H,2-10,13-20H2,1H3/t22-,26+,27+,28+,29-,30-,41-/m0/s1. The Labute approximate surface area is 244 Å². The monoisotopic (exact) mass is 606 g/mol. The van der Waals surface area contributed by atoms with Crippen molar-refractivity contribution in [3.8, 4) is 5.75 Å². The number of rotatable bonds is 14. The Hall–Kier alpha value is -1.22. The fraction of sp³-hybridized carbons (Fsp3) is 0.812. The molecule has 0 heterocycles. The summed E-state index contributed by atoms with van der Waals surface area (Å²) in [5, 5.41) is 21.0. The first-order valence-electron chi connectivity index (χ1n) is 15.6. The van der Waals surface area contributed by atoms with Gasteiger partial charge in [0, 0.05) is 28.7 Å². The molecule has 2 saturated carbocycles. The van der Waals surface area contributed by atoms with E-state index >= 15 is 0 Å². The Morgan fingerprint density at radius 1 is 0.927 bits per heavy atom. The lowest BCUT2D eigenvalue weighted by molar-refractivity contribution is -0.284. The summed E-state index contributed by atoms with van der Waals surface area (Å²) in [6.45, 7) is 2.30. The van der Waals surface area contributed by atoms with Crippen LogP contribution in [-0.4, -0.2) is 44.1 Å². The number of benzene rings is 1. The molecule has 0 bridgehead atoms. The molecule has 2 fully saturated rings. The molecule has 0 unspecified atom stereocenters. The van der Waals surface area contributed by atoms with E-state index in [-0.39, 0.29) is 17.3 Å². The maximum Gasteiger partial charge on any atom is 0.453 e. The average molecular weight is 607 g/mol. The number of alkyl halides is 5. The quantitative estimate of drug-likeness (QED) is 0.165. The highest BCUT2D eigenvalue weighted by Crippen LogP contribution is 2.62. The zero-order valence-electron chi connectivity index (χ0n) is 24.2. The molecule has 3 aliphatic rings. The summed E-state index contributed by atoms with van der Waals surface area (Å²) < 4.78 is 74.5. The molecule has 1 aromatic carbocycles. The smallest absolute Gasteiger partial charge is 0.453 e. The van der Waals surface area contributed by atoms with Gasteiger partial charge in [-0.15, -0.1) is 0 Å². The Morgan fingerprint density at radius 3 is 2.29 bits per heavy atom. The number of aliphatic hydroxyl groups excluding tert-OH is 1. The maximum atomic E-state index is 13.0. The Balaban J connectivity index is 1.15. The molecule has 0 aliphatic heterocycles.